The van der Waals surface area contributed by atoms with Crippen molar-refractivity contribution in [2.75, 3.05) is 20.8 Å². The van der Waals surface area contributed by atoms with Crippen LogP contribution in [-0.2, 0) is 11.2 Å². The molecule has 0 fully saturated rings. The van der Waals surface area contributed by atoms with Gasteiger partial charge in [-0.2, -0.15) is 0 Å². The Hall–Kier alpha value is -2.46. The quantitative estimate of drug-likeness (QED) is 0.778. The van der Waals surface area contributed by atoms with E-state index >= 15 is 0 Å². The van der Waals surface area contributed by atoms with Gasteiger partial charge in [0.25, 0.3) is 0 Å². The number of hydrogen-bond donors (Lipinski definition) is 1. The molecule has 2 aromatic carbocycles. The third kappa shape index (κ3) is 5.32. The van der Waals surface area contributed by atoms with Gasteiger partial charge >= 0.3 is 0 Å². The van der Waals surface area contributed by atoms with E-state index in [4.69, 9.17) is 21.1 Å². The van der Waals surface area contributed by atoms with Crippen LogP contribution in [0.25, 0.3) is 6.08 Å². The SMILES string of the molecule is COc1ccc(CCNC(=O)C=Cc2ccc(Cl)cc2)cc1OC. The molecule has 2 aromatic rings. The van der Waals surface area contributed by atoms with Crippen molar-refractivity contribution in [3.63, 3.8) is 0 Å². The van der Waals surface area contributed by atoms with E-state index in [1.54, 1.807) is 32.4 Å². The van der Waals surface area contributed by atoms with E-state index in [-0.39, 0.29) is 5.91 Å². The molecule has 0 aromatic heterocycles. The van der Waals surface area contributed by atoms with Crippen molar-refractivity contribution >= 4 is 23.6 Å². The Bertz CT molecular complexity index is 711. The van der Waals surface area contributed by atoms with E-state index in [9.17, 15) is 4.79 Å². The third-order valence-corrected chi connectivity index (χ3v) is 3.71. The van der Waals surface area contributed by atoms with Gasteiger partial charge in [0.05, 0.1) is 14.2 Å². The number of rotatable bonds is 7. The van der Waals surface area contributed by atoms with Crippen molar-refractivity contribution < 1.29 is 14.3 Å². The molecule has 24 heavy (non-hydrogen) atoms. The smallest absolute Gasteiger partial charge is 0.244 e. The Morgan fingerprint density at radius 1 is 1.08 bits per heavy atom. The van der Waals surface area contributed by atoms with Gasteiger partial charge in [0.2, 0.25) is 5.91 Å². The molecule has 1 N–H and O–H groups in total. The number of halogens is 1. The summed E-state index contributed by atoms with van der Waals surface area (Å²) in [6.45, 7) is 0.541. The average molecular weight is 346 g/mol. The van der Waals surface area contributed by atoms with Gasteiger partial charge in [0.15, 0.2) is 11.5 Å². The molecule has 4 nitrogen and oxygen atoms in total. The van der Waals surface area contributed by atoms with Gasteiger partial charge in [-0.05, 0) is 47.9 Å². The normalized spacial score (nSPS) is 10.6. The zero-order valence-electron chi connectivity index (χ0n) is 13.7. The monoisotopic (exact) mass is 345 g/mol. The van der Waals surface area contributed by atoms with Crippen molar-refractivity contribution in [3.05, 3.63) is 64.7 Å². The van der Waals surface area contributed by atoms with E-state index < -0.39 is 0 Å². The first-order valence-corrected chi connectivity index (χ1v) is 7.92. The van der Waals surface area contributed by atoms with E-state index in [1.165, 1.54) is 6.08 Å². The summed E-state index contributed by atoms with van der Waals surface area (Å²) >= 11 is 5.82. The molecule has 0 bridgehead atoms. The maximum atomic E-state index is 11.8. The number of amides is 1. The highest BCUT2D eigenvalue weighted by Gasteiger charge is 2.04. The van der Waals surface area contributed by atoms with Crippen LogP contribution < -0.4 is 14.8 Å². The second-order valence-corrected chi connectivity index (χ2v) is 5.55. The Morgan fingerprint density at radius 3 is 2.46 bits per heavy atom. The van der Waals surface area contributed by atoms with Gasteiger partial charge in [0, 0.05) is 17.6 Å². The lowest BCUT2D eigenvalue weighted by Crippen LogP contribution is -2.23. The summed E-state index contributed by atoms with van der Waals surface area (Å²) in [6, 6.07) is 13.0. The summed E-state index contributed by atoms with van der Waals surface area (Å²) < 4.78 is 10.5. The van der Waals surface area contributed by atoms with E-state index in [0.717, 1.165) is 11.1 Å². The van der Waals surface area contributed by atoms with Crippen LogP contribution >= 0.6 is 11.6 Å². The minimum Gasteiger partial charge on any atom is -0.493 e. The molecule has 0 heterocycles. The van der Waals surface area contributed by atoms with Crippen LogP contribution in [0.3, 0.4) is 0 Å². The van der Waals surface area contributed by atoms with Crippen molar-refractivity contribution in [3.8, 4) is 11.5 Å². The molecule has 0 unspecified atom stereocenters. The second kappa shape index (κ2) is 8.99. The summed E-state index contributed by atoms with van der Waals surface area (Å²) in [5.74, 6) is 1.24. The molecule has 0 aliphatic rings. The van der Waals surface area contributed by atoms with Crippen LogP contribution in [0.4, 0.5) is 0 Å². The van der Waals surface area contributed by atoms with Crippen LogP contribution in [0, 0.1) is 0 Å². The number of hydrogen-bond acceptors (Lipinski definition) is 3. The third-order valence-electron chi connectivity index (χ3n) is 3.46. The fourth-order valence-corrected chi connectivity index (χ4v) is 2.30. The van der Waals surface area contributed by atoms with Crippen LogP contribution in [-0.4, -0.2) is 26.7 Å². The fourth-order valence-electron chi connectivity index (χ4n) is 2.17. The van der Waals surface area contributed by atoms with Crippen LogP contribution in [0.15, 0.2) is 48.5 Å². The van der Waals surface area contributed by atoms with E-state index in [0.29, 0.717) is 29.5 Å². The highest BCUT2D eigenvalue weighted by Crippen LogP contribution is 2.27. The maximum absolute atomic E-state index is 11.8. The molecule has 0 saturated heterocycles. The van der Waals surface area contributed by atoms with E-state index in [1.807, 2.05) is 30.3 Å². The molecule has 0 aliphatic carbocycles. The Morgan fingerprint density at radius 2 is 1.79 bits per heavy atom. The lowest BCUT2D eigenvalue weighted by atomic mass is 10.1. The van der Waals surface area contributed by atoms with Crippen LogP contribution in [0.5, 0.6) is 11.5 Å². The predicted molar refractivity (Wildman–Crippen MR) is 96.7 cm³/mol. The Labute approximate surface area is 147 Å². The molecule has 0 aliphatic heterocycles. The van der Waals surface area contributed by atoms with Crippen molar-refractivity contribution in [2.24, 2.45) is 0 Å². The lowest BCUT2D eigenvalue weighted by molar-refractivity contribution is -0.116. The molecule has 0 saturated carbocycles. The first-order chi connectivity index (χ1) is 11.6. The van der Waals surface area contributed by atoms with Gasteiger partial charge in [-0.15, -0.1) is 0 Å². The van der Waals surface area contributed by atoms with Crippen molar-refractivity contribution in [1.29, 1.82) is 0 Å². The predicted octanol–water partition coefficient (Wildman–Crippen LogP) is 3.73. The zero-order valence-corrected chi connectivity index (χ0v) is 14.5. The van der Waals surface area contributed by atoms with Gasteiger partial charge < -0.3 is 14.8 Å². The molecule has 1 amide bonds. The highest BCUT2D eigenvalue weighted by molar-refractivity contribution is 6.30. The molecular formula is C19H20ClNO3. The van der Waals surface area contributed by atoms with Crippen LogP contribution in [0.1, 0.15) is 11.1 Å². The largest absolute Gasteiger partial charge is 0.493 e. The molecule has 0 atom stereocenters. The number of ether oxygens (including phenoxy) is 2. The topological polar surface area (TPSA) is 47.6 Å². The van der Waals surface area contributed by atoms with Gasteiger partial charge in [-0.25, -0.2) is 0 Å². The van der Waals surface area contributed by atoms with E-state index in [2.05, 4.69) is 5.32 Å². The van der Waals surface area contributed by atoms with Crippen LogP contribution in [0.2, 0.25) is 5.02 Å². The first-order valence-electron chi connectivity index (χ1n) is 7.55. The summed E-state index contributed by atoms with van der Waals surface area (Å²) in [5.41, 5.74) is 1.99. The average Bonchev–Trinajstić information content (AvgIpc) is 2.61. The zero-order chi connectivity index (χ0) is 17.4. The minimum atomic E-state index is -0.134. The Balaban J connectivity index is 1.83. The molecule has 126 valence electrons. The Kier molecular flexibility index (Phi) is 6.70. The number of benzene rings is 2. The molecule has 0 radical (unpaired) electrons. The number of nitrogens with one attached hydrogen (secondary N) is 1. The highest BCUT2D eigenvalue weighted by atomic mass is 35.5. The first kappa shape index (κ1) is 17.9. The summed E-state index contributed by atoms with van der Waals surface area (Å²) in [5, 5.41) is 3.53. The van der Waals surface area contributed by atoms with Gasteiger partial charge in [-0.3, -0.25) is 4.79 Å². The standard InChI is InChI=1S/C19H20ClNO3/c1-23-17-9-5-15(13-18(17)24-2)11-12-21-19(22)10-6-14-3-7-16(20)8-4-14/h3-10,13H,11-12H2,1-2H3,(H,21,22). The summed E-state index contributed by atoms with van der Waals surface area (Å²) in [7, 11) is 3.20. The number of carbonyl (C=O) groups is 1. The molecule has 2 rings (SSSR count). The van der Waals surface area contributed by atoms with Gasteiger partial charge in [-0.1, -0.05) is 29.8 Å². The molecule has 0 spiro atoms. The number of methoxy groups -OCH3 is 2. The van der Waals surface area contributed by atoms with Crippen molar-refractivity contribution in [2.45, 2.75) is 6.42 Å². The maximum Gasteiger partial charge on any atom is 0.244 e. The van der Waals surface area contributed by atoms with Crippen molar-refractivity contribution in [1.82, 2.24) is 5.32 Å². The lowest BCUT2D eigenvalue weighted by Gasteiger charge is -2.09. The molecule has 5 heteroatoms. The summed E-state index contributed by atoms with van der Waals surface area (Å²) in [4.78, 5) is 11.8. The second-order valence-electron chi connectivity index (χ2n) is 5.12. The summed E-state index contributed by atoms with van der Waals surface area (Å²) in [6.07, 6.45) is 3.97. The van der Waals surface area contributed by atoms with Gasteiger partial charge in [0.1, 0.15) is 0 Å². The molecular weight excluding hydrogens is 326 g/mol. The number of carbonyl (C=O) groups excluding carboxylic acids is 1. The minimum absolute atomic E-state index is 0.134. The fraction of sp³-hybridized carbons (Fsp3) is 0.211.